The van der Waals surface area contributed by atoms with Gasteiger partial charge in [0.1, 0.15) is 6.54 Å². The topological polar surface area (TPSA) is 92.9 Å². The number of ether oxygens (including phenoxy) is 1. The van der Waals surface area contributed by atoms with Gasteiger partial charge in [0.25, 0.3) is 11.1 Å². The molecule has 2 aliphatic heterocycles. The Morgan fingerprint density at radius 3 is 2.50 bits per heavy atom. The number of nitrogens with zero attached hydrogens (tertiary/aromatic N) is 2. The number of hydrogen-bond donors (Lipinski definition) is 1. The number of morpholine rings is 1. The molecule has 24 heavy (non-hydrogen) atoms. The molecule has 0 unspecified atom stereocenters. The molecule has 0 aliphatic carbocycles. The molecule has 2 aliphatic rings. The lowest BCUT2D eigenvalue weighted by Gasteiger charge is -2.28. The van der Waals surface area contributed by atoms with Gasteiger partial charge in [0.05, 0.1) is 18.1 Å². The van der Waals surface area contributed by atoms with Gasteiger partial charge in [-0.2, -0.15) is 0 Å². The van der Waals surface area contributed by atoms with E-state index in [0.717, 1.165) is 54.2 Å². The van der Waals surface area contributed by atoms with Crippen molar-refractivity contribution in [1.82, 2.24) is 4.90 Å². The van der Waals surface area contributed by atoms with Gasteiger partial charge in [0, 0.05) is 18.8 Å². The van der Waals surface area contributed by atoms with E-state index in [4.69, 9.17) is 10.5 Å². The number of hydrogen-bond acceptors (Lipinski definition) is 6. The molecule has 126 valence electrons. The SMILES string of the molecule is NC(=O)CN1C(=O)S/C(=C\c2ccc(N3CCOCC3)cc2)C1=O. The number of amides is 3. The van der Waals surface area contributed by atoms with Gasteiger partial charge in [-0.3, -0.25) is 19.3 Å². The summed E-state index contributed by atoms with van der Waals surface area (Å²) in [7, 11) is 0. The number of imide groups is 1. The Bertz CT molecular complexity index is 696. The van der Waals surface area contributed by atoms with Crippen LogP contribution in [0.5, 0.6) is 0 Å². The molecule has 2 saturated heterocycles. The molecule has 0 aromatic heterocycles. The number of carbonyl (C=O) groups excluding carboxylic acids is 3. The Kier molecular flexibility index (Phi) is 4.86. The van der Waals surface area contributed by atoms with Crippen molar-refractivity contribution in [3.63, 3.8) is 0 Å². The molecule has 3 rings (SSSR count). The van der Waals surface area contributed by atoms with E-state index in [9.17, 15) is 14.4 Å². The fourth-order valence-electron chi connectivity index (χ4n) is 2.55. The van der Waals surface area contributed by atoms with Crippen LogP contribution in [0.1, 0.15) is 5.56 Å². The maximum atomic E-state index is 12.2. The Morgan fingerprint density at radius 2 is 1.88 bits per heavy atom. The second-order valence-electron chi connectivity index (χ2n) is 5.43. The summed E-state index contributed by atoms with van der Waals surface area (Å²) in [6.07, 6.45) is 1.65. The van der Waals surface area contributed by atoms with Gasteiger partial charge in [0.15, 0.2) is 0 Å². The standard InChI is InChI=1S/C16H17N3O4S/c17-14(20)10-19-15(21)13(24-16(19)22)9-11-1-3-12(4-2-11)18-5-7-23-8-6-18/h1-4,9H,5-8,10H2,(H2,17,20)/b13-9-. The molecule has 0 atom stereocenters. The zero-order valence-corrected chi connectivity index (χ0v) is 13.8. The van der Waals surface area contributed by atoms with Crippen LogP contribution in [-0.2, 0) is 14.3 Å². The maximum Gasteiger partial charge on any atom is 0.294 e. The fourth-order valence-corrected chi connectivity index (χ4v) is 3.38. The first-order valence-electron chi connectivity index (χ1n) is 7.51. The van der Waals surface area contributed by atoms with E-state index >= 15 is 0 Å². The van der Waals surface area contributed by atoms with E-state index in [2.05, 4.69) is 4.90 Å². The monoisotopic (exact) mass is 347 g/mol. The van der Waals surface area contributed by atoms with Crippen molar-refractivity contribution in [2.75, 3.05) is 37.7 Å². The molecule has 3 amide bonds. The lowest BCUT2D eigenvalue weighted by molar-refractivity contribution is -0.127. The Labute approximate surface area is 143 Å². The average Bonchev–Trinajstić information content (AvgIpc) is 2.83. The van der Waals surface area contributed by atoms with Crippen molar-refractivity contribution in [1.29, 1.82) is 0 Å². The minimum absolute atomic E-state index is 0.292. The van der Waals surface area contributed by atoms with Crippen LogP contribution in [0.3, 0.4) is 0 Å². The highest BCUT2D eigenvalue weighted by Crippen LogP contribution is 2.32. The van der Waals surface area contributed by atoms with Crippen LogP contribution in [0, 0.1) is 0 Å². The predicted molar refractivity (Wildman–Crippen MR) is 91.3 cm³/mol. The number of anilines is 1. The Balaban J connectivity index is 1.73. The Morgan fingerprint density at radius 1 is 1.21 bits per heavy atom. The lowest BCUT2D eigenvalue weighted by Crippen LogP contribution is -2.36. The highest BCUT2D eigenvalue weighted by atomic mass is 32.2. The van der Waals surface area contributed by atoms with Gasteiger partial charge in [-0.15, -0.1) is 0 Å². The first-order chi connectivity index (χ1) is 11.5. The normalized spacial score (nSPS) is 20.1. The zero-order chi connectivity index (χ0) is 17.1. The lowest BCUT2D eigenvalue weighted by atomic mass is 10.1. The molecule has 0 radical (unpaired) electrons. The van der Waals surface area contributed by atoms with Crippen molar-refractivity contribution in [3.05, 3.63) is 34.7 Å². The predicted octanol–water partition coefficient (Wildman–Crippen LogP) is 1.04. The second kappa shape index (κ2) is 7.06. The first kappa shape index (κ1) is 16.5. The van der Waals surface area contributed by atoms with Crippen LogP contribution < -0.4 is 10.6 Å². The summed E-state index contributed by atoms with van der Waals surface area (Å²) < 4.78 is 5.33. The summed E-state index contributed by atoms with van der Waals surface area (Å²) in [5, 5.41) is -0.477. The smallest absolute Gasteiger partial charge is 0.294 e. The molecule has 1 aromatic rings. The van der Waals surface area contributed by atoms with E-state index in [-0.39, 0.29) is 0 Å². The molecule has 2 N–H and O–H groups in total. The summed E-state index contributed by atoms with van der Waals surface area (Å²) in [6, 6.07) is 7.75. The zero-order valence-electron chi connectivity index (χ0n) is 12.9. The number of rotatable bonds is 4. The average molecular weight is 347 g/mol. The summed E-state index contributed by atoms with van der Waals surface area (Å²) >= 11 is 0.815. The highest BCUT2D eigenvalue weighted by Gasteiger charge is 2.35. The summed E-state index contributed by atoms with van der Waals surface area (Å²) in [4.78, 5) is 38.3. The first-order valence-corrected chi connectivity index (χ1v) is 8.32. The third kappa shape index (κ3) is 3.60. The van der Waals surface area contributed by atoms with Crippen molar-refractivity contribution in [3.8, 4) is 0 Å². The quantitative estimate of drug-likeness (QED) is 0.818. The number of benzene rings is 1. The highest BCUT2D eigenvalue weighted by molar-refractivity contribution is 8.18. The van der Waals surface area contributed by atoms with Crippen molar-refractivity contribution < 1.29 is 19.1 Å². The van der Waals surface area contributed by atoms with Gasteiger partial charge >= 0.3 is 0 Å². The van der Waals surface area contributed by atoms with Gasteiger partial charge in [-0.05, 0) is 35.5 Å². The molecule has 0 spiro atoms. The molecular weight excluding hydrogens is 330 g/mol. The number of primary amides is 1. The van der Waals surface area contributed by atoms with E-state index in [0.29, 0.717) is 4.91 Å². The van der Waals surface area contributed by atoms with Crippen LogP contribution >= 0.6 is 11.8 Å². The van der Waals surface area contributed by atoms with Crippen LogP contribution in [-0.4, -0.2) is 54.8 Å². The molecular formula is C16H17N3O4S. The second-order valence-corrected chi connectivity index (χ2v) is 6.42. The number of thioether (sulfide) groups is 1. The summed E-state index contributed by atoms with van der Waals surface area (Å²) in [6.45, 7) is 2.75. The molecule has 0 saturated carbocycles. The van der Waals surface area contributed by atoms with Gasteiger partial charge in [0.2, 0.25) is 5.91 Å². The van der Waals surface area contributed by atoms with Gasteiger partial charge < -0.3 is 15.4 Å². The third-order valence-corrected chi connectivity index (χ3v) is 4.66. The van der Waals surface area contributed by atoms with E-state index < -0.39 is 23.6 Å². The van der Waals surface area contributed by atoms with Crippen LogP contribution in [0.4, 0.5) is 10.5 Å². The van der Waals surface area contributed by atoms with Crippen LogP contribution in [0.25, 0.3) is 6.08 Å². The van der Waals surface area contributed by atoms with E-state index in [1.165, 1.54) is 0 Å². The Hall–Kier alpha value is -2.32. The van der Waals surface area contributed by atoms with Crippen LogP contribution in [0.15, 0.2) is 29.2 Å². The number of carbonyl (C=O) groups is 3. The summed E-state index contributed by atoms with van der Waals surface area (Å²) in [5.41, 5.74) is 6.97. The van der Waals surface area contributed by atoms with Gasteiger partial charge in [-0.1, -0.05) is 12.1 Å². The van der Waals surface area contributed by atoms with Crippen LogP contribution in [0.2, 0.25) is 0 Å². The molecule has 8 heteroatoms. The van der Waals surface area contributed by atoms with Crippen molar-refractivity contribution >= 4 is 40.6 Å². The molecule has 2 fully saturated rings. The van der Waals surface area contributed by atoms with Crippen molar-refractivity contribution in [2.45, 2.75) is 0 Å². The van der Waals surface area contributed by atoms with Crippen molar-refractivity contribution in [2.24, 2.45) is 5.73 Å². The minimum Gasteiger partial charge on any atom is -0.378 e. The van der Waals surface area contributed by atoms with E-state index in [1.54, 1.807) is 6.08 Å². The molecule has 1 aromatic carbocycles. The summed E-state index contributed by atoms with van der Waals surface area (Å²) in [5.74, 6) is -1.20. The van der Waals surface area contributed by atoms with E-state index in [1.807, 2.05) is 24.3 Å². The number of nitrogens with two attached hydrogens (primary N) is 1. The molecule has 0 bridgehead atoms. The molecule has 2 heterocycles. The van der Waals surface area contributed by atoms with Gasteiger partial charge in [-0.25, -0.2) is 0 Å². The fraction of sp³-hybridized carbons (Fsp3) is 0.312. The molecule has 7 nitrogen and oxygen atoms in total. The maximum absolute atomic E-state index is 12.2. The third-order valence-electron chi connectivity index (χ3n) is 3.75. The largest absolute Gasteiger partial charge is 0.378 e. The minimum atomic E-state index is -0.714.